The first-order valence-electron chi connectivity index (χ1n) is 6.71. The SMILES string of the molecule is Cc1noc(C)c1Cn1c(Cl)nc2cc3c(cc21)OC(F)(F)O3. The van der Waals surface area contributed by atoms with Gasteiger partial charge < -0.3 is 18.6 Å². The van der Waals surface area contributed by atoms with Crippen molar-refractivity contribution >= 4 is 22.6 Å². The fraction of sp³-hybridized carbons (Fsp3) is 0.286. The molecule has 120 valence electrons. The number of rotatable bonds is 2. The third kappa shape index (κ3) is 2.21. The highest BCUT2D eigenvalue weighted by Crippen LogP contribution is 2.43. The van der Waals surface area contributed by atoms with E-state index in [-0.39, 0.29) is 16.8 Å². The molecule has 4 rings (SSSR count). The quantitative estimate of drug-likeness (QED) is 0.711. The molecule has 0 aliphatic carbocycles. The Bertz CT molecular complexity index is 916. The van der Waals surface area contributed by atoms with Gasteiger partial charge in [0.05, 0.1) is 23.3 Å². The van der Waals surface area contributed by atoms with Crippen LogP contribution in [0.1, 0.15) is 17.0 Å². The minimum absolute atomic E-state index is 0.0564. The van der Waals surface area contributed by atoms with E-state index in [1.54, 1.807) is 11.5 Å². The van der Waals surface area contributed by atoms with Crippen molar-refractivity contribution in [3.63, 3.8) is 0 Å². The molecule has 0 saturated heterocycles. The first kappa shape index (κ1) is 14.3. The van der Waals surface area contributed by atoms with Gasteiger partial charge in [-0.1, -0.05) is 5.16 Å². The maximum absolute atomic E-state index is 13.2. The molecule has 0 unspecified atom stereocenters. The summed E-state index contributed by atoms with van der Waals surface area (Å²) in [6.07, 6.45) is -3.67. The summed E-state index contributed by atoms with van der Waals surface area (Å²) in [4.78, 5) is 4.18. The molecular weight excluding hydrogens is 332 g/mol. The summed E-state index contributed by atoms with van der Waals surface area (Å²) in [6, 6.07) is 2.81. The molecule has 0 saturated carbocycles. The number of halogens is 3. The predicted octanol–water partition coefficient (Wildman–Crippen LogP) is 3.66. The summed E-state index contributed by atoms with van der Waals surface area (Å²) in [5.41, 5.74) is 2.57. The maximum atomic E-state index is 13.2. The van der Waals surface area contributed by atoms with Gasteiger partial charge in [-0.25, -0.2) is 4.98 Å². The van der Waals surface area contributed by atoms with Gasteiger partial charge >= 0.3 is 6.29 Å². The Morgan fingerprint density at radius 3 is 2.57 bits per heavy atom. The molecule has 2 aromatic heterocycles. The lowest BCUT2D eigenvalue weighted by molar-refractivity contribution is -0.286. The zero-order valence-electron chi connectivity index (χ0n) is 12.1. The number of hydrogen-bond donors (Lipinski definition) is 0. The van der Waals surface area contributed by atoms with Crippen LogP contribution in [0.5, 0.6) is 11.5 Å². The Hall–Kier alpha value is -2.35. The molecule has 0 N–H and O–H groups in total. The zero-order valence-corrected chi connectivity index (χ0v) is 12.8. The minimum atomic E-state index is -3.67. The van der Waals surface area contributed by atoms with E-state index in [0.717, 1.165) is 11.3 Å². The summed E-state index contributed by atoms with van der Waals surface area (Å²) in [6.45, 7) is 3.96. The maximum Gasteiger partial charge on any atom is 0.586 e. The van der Waals surface area contributed by atoms with Crippen LogP contribution in [0.3, 0.4) is 0 Å². The molecule has 0 atom stereocenters. The van der Waals surface area contributed by atoms with Crippen LogP contribution in [0.2, 0.25) is 5.28 Å². The highest BCUT2D eigenvalue weighted by atomic mass is 35.5. The van der Waals surface area contributed by atoms with E-state index in [2.05, 4.69) is 19.6 Å². The smallest absolute Gasteiger partial charge is 0.395 e. The summed E-state index contributed by atoms with van der Waals surface area (Å²) in [7, 11) is 0. The largest absolute Gasteiger partial charge is 0.586 e. The van der Waals surface area contributed by atoms with Crippen molar-refractivity contribution < 1.29 is 22.8 Å². The van der Waals surface area contributed by atoms with Gasteiger partial charge in [0.2, 0.25) is 5.28 Å². The second kappa shape index (κ2) is 4.58. The van der Waals surface area contributed by atoms with Gasteiger partial charge in [0, 0.05) is 17.7 Å². The molecule has 1 aliphatic heterocycles. The molecular formula is C14H10ClF2N3O3. The molecule has 9 heteroatoms. The fourth-order valence-corrected chi connectivity index (χ4v) is 2.82. The van der Waals surface area contributed by atoms with Crippen LogP contribution in [-0.2, 0) is 6.54 Å². The van der Waals surface area contributed by atoms with Crippen LogP contribution < -0.4 is 9.47 Å². The standard InChI is InChI=1S/C14H10ClF2N3O3/c1-6-8(7(2)23-19-6)5-20-10-4-12-11(21-14(16,17)22-12)3-9(10)18-13(20)15/h3-4H,5H2,1-2H3. The van der Waals surface area contributed by atoms with Crippen LogP contribution in [0.4, 0.5) is 8.78 Å². The van der Waals surface area contributed by atoms with E-state index in [1.165, 1.54) is 12.1 Å². The normalized spacial score (nSPS) is 15.5. The third-order valence-corrected chi connectivity index (χ3v) is 4.01. The van der Waals surface area contributed by atoms with Gasteiger partial charge in [-0.3, -0.25) is 0 Å². The van der Waals surface area contributed by atoms with Crippen LogP contribution in [0.15, 0.2) is 16.7 Å². The summed E-state index contributed by atoms with van der Waals surface area (Å²) in [5.74, 6) is 0.535. The molecule has 0 amide bonds. The Kier molecular flexibility index (Phi) is 2.84. The van der Waals surface area contributed by atoms with Gasteiger partial charge in [0.1, 0.15) is 5.76 Å². The third-order valence-electron chi connectivity index (χ3n) is 3.72. The Labute approximate surface area is 133 Å². The number of ether oxygens (including phenoxy) is 2. The van der Waals surface area contributed by atoms with E-state index in [0.29, 0.717) is 23.3 Å². The van der Waals surface area contributed by atoms with Crippen LogP contribution in [-0.4, -0.2) is 21.0 Å². The van der Waals surface area contributed by atoms with E-state index < -0.39 is 6.29 Å². The molecule has 3 heterocycles. The summed E-state index contributed by atoms with van der Waals surface area (Å²) >= 11 is 6.18. The van der Waals surface area contributed by atoms with Crippen molar-refractivity contribution in [1.82, 2.24) is 14.7 Å². The average molecular weight is 342 g/mol. The van der Waals surface area contributed by atoms with E-state index in [9.17, 15) is 8.78 Å². The Morgan fingerprint density at radius 2 is 1.91 bits per heavy atom. The Morgan fingerprint density at radius 1 is 1.22 bits per heavy atom. The Balaban J connectivity index is 1.83. The van der Waals surface area contributed by atoms with Crippen molar-refractivity contribution in [2.24, 2.45) is 0 Å². The topological polar surface area (TPSA) is 62.3 Å². The first-order chi connectivity index (χ1) is 10.8. The molecule has 3 aromatic rings. The van der Waals surface area contributed by atoms with Crippen molar-refractivity contribution in [1.29, 1.82) is 0 Å². The second-order valence-corrected chi connectivity index (χ2v) is 5.56. The van der Waals surface area contributed by atoms with Crippen molar-refractivity contribution in [3.8, 4) is 11.5 Å². The number of imidazole rings is 1. The number of aryl methyl sites for hydroxylation is 2. The van der Waals surface area contributed by atoms with E-state index in [4.69, 9.17) is 16.1 Å². The van der Waals surface area contributed by atoms with Crippen molar-refractivity contribution in [2.75, 3.05) is 0 Å². The monoisotopic (exact) mass is 341 g/mol. The van der Waals surface area contributed by atoms with Crippen LogP contribution >= 0.6 is 11.6 Å². The molecule has 0 bridgehead atoms. The lowest BCUT2D eigenvalue weighted by Crippen LogP contribution is -2.25. The van der Waals surface area contributed by atoms with Crippen molar-refractivity contribution in [3.05, 3.63) is 34.4 Å². The highest BCUT2D eigenvalue weighted by molar-refractivity contribution is 6.29. The zero-order chi connectivity index (χ0) is 16.4. The lowest BCUT2D eigenvalue weighted by atomic mass is 10.2. The molecule has 23 heavy (non-hydrogen) atoms. The van der Waals surface area contributed by atoms with Gasteiger partial charge in [-0.05, 0) is 25.4 Å². The molecule has 0 spiro atoms. The average Bonchev–Trinajstić information content (AvgIpc) is 3.04. The minimum Gasteiger partial charge on any atom is -0.395 e. The number of benzene rings is 1. The van der Waals surface area contributed by atoms with Gasteiger partial charge in [-0.15, -0.1) is 8.78 Å². The second-order valence-electron chi connectivity index (χ2n) is 5.22. The molecule has 0 radical (unpaired) electrons. The highest BCUT2D eigenvalue weighted by Gasteiger charge is 2.43. The number of alkyl halides is 2. The van der Waals surface area contributed by atoms with E-state index >= 15 is 0 Å². The first-order valence-corrected chi connectivity index (χ1v) is 7.09. The van der Waals surface area contributed by atoms with Gasteiger partial charge in [0.15, 0.2) is 11.5 Å². The van der Waals surface area contributed by atoms with Gasteiger partial charge in [0.25, 0.3) is 0 Å². The number of fused-ring (bicyclic) bond motifs is 2. The summed E-state index contributed by atoms with van der Waals surface area (Å²) < 4.78 is 42.0. The van der Waals surface area contributed by atoms with E-state index in [1.807, 2.05) is 6.92 Å². The molecule has 6 nitrogen and oxygen atoms in total. The van der Waals surface area contributed by atoms with Crippen LogP contribution in [0, 0.1) is 13.8 Å². The van der Waals surface area contributed by atoms with Gasteiger partial charge in [-0.2, -0.15) is 0 Å². The molecule has 1 aromatic carbocycles. The molecule has 0 fully saturated rings. The fourth-order valence-electron chi connectivity index (χ4n) is 2.58. The van der Waals surface area contributed by atoms with Crippen LogP contribution in [0.25, 0.3) is 11.0 Å². The predicted molar refractivity (Wildman–Crippen MR) is 76.0 cm³/mol. The number of hydrogen-bond acceptors (Lipinski definition) is 5. The summed E-state index contributed by atoms with van der Waals surface area (Å²) in [5, 5.41) is 4.11. The lowest BCUT2D eigenvalue weighted by Gasteiger charge is -2.06. The van der Waals surface area contributed by atoms with Crippen molar-refractivity contribution in [2.45, 2.75) is 26.7 Å². The number of nitrogens with zero attached hydrogens (tertiary/aromatic N) is 3. The number of aromatic nitrogens is 3. The molecule has 1 aliphatic rings.